The molecule has 4 rings (SSSR count). The number of hydrogen-bond donors (Lipinski definition) is 1. The molecule has 26 heavy (non-hydrogen) atoms. The molecule has 1 amide bonds. The van der Waals surface area contributed by atoms with Crippen molar-refractivity contribution in [2.45, 2.75) is 26.4 Å². The molecular formula is C20H22N4O2. The Hall–Kier alpha value is -3.02. The number of fused-ring (bicyclic) bond motifs is 3. The summed E-state index contributed by atoms with van der Waals surface area (Å²) in [5, 5.41) is 2.92. The predicted molar refractivity (Wildman–Crippen MR) is 103 cm³/mol. The highest BCUT2D eigenvalue weighted by Crippen LogP contribution is 2.32. The summed E-state index contributed by atoms with van der Waals surface area (Å²) in [4.78, 5) is 18.9. The van der Waals surface area contributed by atoms with Gasteiger partial charge in [0.15, 0.2) is 0 Å². The Morgan fingerprint density at radius 2 is 2.08 bits per heavy atom. The average Bonchev–Trinajstić information content (AvgIpc) is 3.05. The maximum atomic E-state index is 11.8. The molecule has 1 aromatic heterocycles. The van der Waals surface area contributed by atoms with Crippen LogP contribution in [0.1, 0.15) is 19.2 Å². The summed E-state index contributed by atoms with van der Waals surface area (Å²) in [6.45, 7) is 4.35. The number of nitrogens with zero attached hydrogens (tertiary/aromatic N) is 3. The third-order valence-corrected chi connectivity index (χ3v) is 4.80. The molecule has 0 saturated heterocycles. The molecule has 0 atom stereocenters. The minimum absolute atomic E-state index is 0.0270. The van der Waals surface area contributed by atoms with Crippen LogP contribution in [0, 0.1) is 0 Å². The van der Waals surface area contributed by atoms with Crippen LogP contribution in [-0.4, -0.2) is 29.1 Å². The Bertz CT molecular complexity index is 964. The van der Waals surface area contributed by atoms with Gasteiger partial charge in [0.25, 0.3) is 0 Å². The largest absolute Gasteiger partial charge is 0.495 e. The molecule has 0 saturated carbocycles. The van der Waals surface area contributed by atoms with E-state index >= 15 is 0 Å². The highest BCUT2D eigenvalue weighted by atomic mass is 16.5. The molecule has 0 radical (unpaired) electrons. The van der Waals surface area contributed by atoms with Crippen molar-refractivity contribution in [1.82, 2.24) is 9.55 Å². The number of aromatic nitrogens is 2. The number of carbonyl (C=O) groups excluding carboxylic acids is 1. The molecule has 0 unspecified atom stereocenters. The number of para-hydroxylation sites is 2. The lowest BCUT2D eigenvalue weighted by Crippen LogP contribution is -2.33. The van der Waals surface area contributed by atoms with Crippen molar-refractivity contribution in [1.29, 1.82) is 0 Å². The summed E-state index contributed by atoms with van der Waals surface area (Å²) in [5.41, 5.74) is 3.98. The van der Waals surface area contributed by atoms with Crippen LogP contribution in [0.15, 0.2) is 42.5 Å². The van der Waals surface area contributed by atoms with Gasteiger partial charge < -0.3 is 19.5 Å². The SMILES string of the molecule is CCC(=O)Nc1cc(N2CCn3c(nc4ccccc43)C2)ccc1OC. The first-order valence-corrected chi connectivity index (χ1v) is 8.86. The van der Waals surface area contributed by atoms with Gasteiger partial charge >= 0.3 is 0 Å². The molecule has 0 aliphatic carbocycles. The van der Waals surface area contributed by atoms with Gasteiger partial charge in [-0.2, -0.15) is 0 Å². The second kappa shape index (κ2) is 6.71. The van der Waals surface area contributed by atoms with E-state index in [9.17, 15) is 4.79 Å². The lowest BCUT2D eigenvalue weighted by atomic mass is 10.2. The lowest BCUT2D eigenvalue weighted by molar-refractivity contribution is -0.115. The van der Waals surface area contributed by atoms with Crippen LogP contribution in [0.3, 0.4) is 0 Å². The second-order valence-electron chi connectivity index (χ2n) is 6.38. The summed E-state index contributed by atoms with van der Waals surface area (Å²) in [6, 6.07) is 14.1. The molecule has 134 valence electrons. The van der Waals surface area contributed by atoms with E-state index in [1.54, 1.807) is 7.11 Å². The van der Waals surface area contributed by atoms with Crippen LogP contribution >= 0.6 is 0 Å². The van der Waals surface area contributed by atoms with Gasteiger partial charge in [-0.1, -0.05) is 19.1 Å². The molecule has 2 heterocycles. The third kappa shape index (κ3) is 2.87. The monoisotopic (exact) mass is 350 g/mol. The fraction of sp³-hybridized carbons (Fsp3) is 0.300. The first-order chi connectivity index (χ1) is 12.7. The van der Waals surface area contributed by atoms with E-state index in [0.29, 0.717) is 17.9 Å². The summed E-state index contributed by atoms with van der Waals surface area (Å²) in [6.07, 6.45) is 0.432. The van der Waals surface area contributed by atoms with Gasteiger partial charge in [0.2, 0.25) is 5.91 Å². The fourth-order valence-electron chi connectivity index (χ4n) is 3.42. The normalized spacial score (nSPS) is 13.5. The molecular weight excluding hydrogens is 328 g/mol. The Labute approximate surface area is 152 Å². The Morgan fingerprint density at radius 1 is 1.23 bits per heavy atom. The molecule has 0 bridgehead atoms. The van der Waals surface area contributed by atoms with E-state index in [1.807, 2.05) is 31.2 Å². The minimum atomic E-state index is -0.0270. The Kier molecular flexibility index (Phi) is 4.24. The van der Waals surface area contributed by atoms with E-state index in [4.69, 9.17) is 9.72 Å². The molecule has 1 aliphatic heterocycles. The molecule has 2 aromatic carbocycles. The molecule has 6 heteroatoms. The summed E-state index contributed by atoms with van der Waals surface area (Å²) in [5.74, 6) is 1.70. The quantitative estimate of drug-likeness (QED) is 0.783. The van der Waals surface area contributed by atoms with Crippen molar-refractivity contribution in [3.8, 4) is 5.75 Å². The lowest BCUT2D eigenvalue weighted by Gasteiger charge is -2.30. The Morgan fingerprint density at radius 3 is 2.88 bits per heavy atom. The standard InChI is InChI=1S/C20H22N4O2/c1-3-20(25)22-16-12-14(8-9-18(16)26-2)23-10-11-24-17-7-5-4-6-15(17)21-19(24)13-23/h4-9,12H,3,10-11,13H2,1-2H3,(H,22,25). The van der Waals surface area contributed by atoms with Gasteiger partial charge in [-0.3, -0.25) is 4.79 Å². The number of nitrogens with one attached hydrogen (secondary N) is 1. The first-order valence-electron chi connectivity index (χ1n) is 8.86. The summed E-state index contributed by atoms with van der Waals surface area (Å²) >= 11 is 0. The number of carbonyl (C=O) groups is 1. The molecule has 6 nitrogen and oxygen atoms in total. The topological polar surface area (TPSA) is 59.4 Å². The zero-order valence-electron chi connectivity index (χ0n) is 15.0. The molecule has 3 aromatic rings. The van der Waals surface area contributed by atoms with Crippen molar-refractivity contribution in [2.24, 2.45) is 0 Å². The van der Waals surface area contributed by atoms with Gasteiger partial charge in [0.05, 0.1) is 30.4 Å². The van der Waals surface area contributed by atoms with Gasteiger partial charge in [-0.05, 0) is 30.3 Å². The van der Waals surface area contributed by atoms with E-state index in [2.05, 4.69) is 33.0 Å². The maximum absolute atomic E-state index is 11.8. The maximum Gasteiger partial charge on any atom is 0.224 e. The van der Waals surface area contributed by atoms with E-state index in [1.165, 1.54) is 5.52 Å². The zero-order valence-corrected chi connectivity index (χ0v) is 15.0. The van der Waals surface area contributed by atoms with Gasteiger partial charge in [-0.15, -0.1) is 0 Å². The van der Waals surface area contributed by atoms with Crippen LogP contribution in [-0.2, 0) is 17.9 Å². The van der Waals surface area contributed by atoms with Crippen LogP contribution in [0.4, 0.5) is 11.4 Å². The van der Waals surface area contributed by atoms with Crippen molar-refractivity contribution in [2.75, 3.05) is 23.9 Å². The smallest absolute Gasteiger partial charge is 0.224 e. The van der Waals surface area contributed by atoms with Crippen LogP contribution in [0.2, 0.25) is 0 Å². The van der Waals surface area contributed by atoms with Crippen LogP contribution in [0.25, 0.3) is 11.0 Å². The predicted octanol–water partition coefficient (Wildman–Crippen LogP) is 3.41. The van der Waals surface area contributed by atoms with E-state index < -0.39 is 0 Å². The highest BCUT2D eigenvalue weighted by molar-refractivity contribution is 5.92. The number of hydrogen-bond acceptors (Lipinski definition) is 4. The van der Waals surface area contributed by atoms with Gasteiger partial charge in [-0.25, -0.2) is 4.98 Å². The summed E-state index contributed by atoms with van der Waals surface area (Å²) < 4.78 is 7.67. The van der Waals surface area contributed by atoms with Crippen LogP contribution < -0.4 is 15.0 Å². The minimum Gasteiger partial charge on any atom is -0.495 e. The Balaban J connectivity index is 1.64. The van der Waals surface area contributed by atoms with Crippen molar-refractivity contribution in [3.05, 3.63) is 48.3 Å². The first kappa shape index (κ1) is 16.4. The number of imidazole rings is 1. The number of amides is 1. The van der Waals surface area contributed by atoms with Crippen LogP contribution in [0.5, 0.6) is 5.75 Å². The van der Waals surface area contributed by atoms with Crippen molar-refractivity contribution >= 4 is 28.3 Å². The highest BCUT2D eigenvalue weighted by Gasteiger charge is 2.21. The summed E-state index contributed by atoms with van der Waals surface area (Å²) in [7, 11) is 1.61. The number of methoxy groups -OCH3 is 1. The van der Waals surface area contributed by atoms with Crippen molar-refractivity contribution < 1.29 is 9.53 Å². The molecule has 0 spiro atoms. The van der Waals surface area contributed by atoms with E-state index in [0.717, 1.165) is 36.7 Å². The molecule has 1 aliphatic rings. The second-order valence-corrected chi connectivity index (χ2v) is 6.38. The number of benzene rings is 2. The zero-order chi connectivity index (χ0) is 18.1. The van der Waals surface area contributed by atoms with E-state index in [-0.39, 0.29) is 5.91 Å². The number of ether oxygens (including phenoxy) is 1. The average molecular weight is 350 g/mol. The van der Waals surface area contributed by atoms with Crippen molar-refractivity contribution in [3.63, 3.8) is 0 Å². The molecule has 1 N–H and O–H groups in total. The number of anilines is 2. The third-order valence-electron chi connectivity index (χ3n) is 4.80. The fourth-order valence-corrected chi connectivity index (χ4v) is 3.42. The molecule has 0 fully saturated rings. The van der Waals surface area contributed by atoms with Gasteiger partial charge in [0.1, 0.15) is 11.6 Å². The number of rotatable bonds is 4. The van der Waals surface area contributed by atoms with Gasteiger partial charge in [0, 0.05) is 25.2 Å².